The first-order valence-electron chi connectivity index (χ1n) is 4.63. The van der Waals surface area contributed by atoms with Crippen molar-refractivity contribution in [2.75, 3.05) is 25.4 Å². The summed E-state index contributed by atoms with van der Waals surface area (Å²) in [6.07, 6.45) is 0. The molecular weight excluding hydrogens is 166 g/mol. The first-order chi connectivity index (χ1) is 5.63. The van der Waals surface area contributed by atoms with E-state index in [0.29, 0.717) is 0 Å². The molecular formula is C10H19NS. The van der Waals surface area contributed by atoms with E-state index in [4.69, 9.17) is 0 Å². The predicted octanol–water partition coefficient (Wildman–Crippen LogP) is 2.06. The van der Waals surface area contributed by atoms with Crippen molar-refractivity contribution in [3.05, 3.63) is 12.2 Å². The normalized spacial score (nSPS) is 30.9. The van der Waals surface area contributed by atoms with E-state index in [0.717, 1.165) is 24.1 Å². The second-order valence-electron chi connectivity index (χ2n) is 4.06. The molecule has 0 aromatic carbocycles. The molecule has 0 radical (unpaired) electrons. The van der Waals surface area contributed by atoms with Gasteiger partial charge in [0.05, 0.1) is 0 Å². The lowest BCUT2D eigenvalue weighted by Gasteiger charge is -2.15. The van der Waals surface area contributed by atoms with Crippen molar-refractivity contribution in [1.82, 2.24) is 4.90 Å². The van der Waals surface area contributed by atoms with Crippen LogP contribution in [-0.4, -0.2) is 30.3 Å². The van der Waals surface area contributed by atoms with Crippen LogP contribution in [0.25, 0.3) is 0 Å². The summed E-state index contributed by atoms with van der Waals surface area (Å²) in [6, 6.07) is 0. The average molecular weight is 185 g/mol. The van der Waals surface area contributed by atoms with Gasteiger partial charge >= 0.3 is 0 Å². The van der Waals surface area contributed by atoms with E-state index in [1.807, 2.05) is 0 Å². The Bertz CT molecular complexity index is 157. The summed E-state index contributed by atoms with van der Waals surface area (Å²) in [7, 11) is 0. The molecule has 0 aromatic rings. The maximum atomic E-state index is 4.21. The predicted molar refractivity (Wildman–Crippen MR) is 57.8 cm³/mol. The second kappa shape index (κ2) is 4.33. The Morgan fingerprint density at radius 1 is 1.42 bits per heavy atom. The van der Waals surface area contributed by atoms with E-state index >= 15 is 0 Å². The van der Waals surface area contributed by atoms with Gasteiger partial charge in [0.2, 0.25) is 0 Å². The van der Waals surface area contributed by atoms with E-state index in [9.17, 15) is 0 Å². The summed E-state index contributed by atoms with van der Waals surface area (Å²) in [5, 5.41) is 0. The number of hydrogen-bond donors (Lipinski definition) is 1. The monoisotopic (exact) mass is 185 g/mol. The quantitative estimate of drug-likeness (QED) is 0.520. The highest BCUT2D eigenvalue weighted by Crippen LogP contribution is 2.22. The van der Waals surface area contributed by atoms with Crippen LogP contribution in [0.4, 0.5) is 0 Å². The standard InChI is InChI=1S/C10H19NS/c1-8(7-12)4-11-5-9(2)10(3)6-11/h9-10,12H,1,4-7H2,2-3H3. The van der Waals surface area contributed by atoms with Crippen molar-refractivity contribution in [2.45, 2.75) is 13.8 Å². The van der Waals surface area contributed by atoms with Gasteiger partial charge < -0.3 is 0 Å². The molecule has 2 atom stereocenters. The molecule has 1 aliphatic heterocycles. The summed E-state index contributed by atoms with van der Waals surface area (Å²) in [6.45, 7) is 12.1. The second-order valence-corrected chi connectivity index (χ2v) is 4.37. The number of thiol groups is 1. The molecule has 0 N–H and O–H groups in total. The fourth-order valence-electron chi connectivity index (χ4n) is 1.74. The molecule has 1 fully saturated rings. The molecule has 70 valence electrons. The van der Waals surface area contributed by atoms with Gasteiger partial charge in [-0.3, -0.25) is 4.90 Å². The summed E-state index contributed by atoms with van der Waals surface area (Å²) in [5.41, 5.74) is 1.24. The first kappa shape index (κ1) is 10.1. The van der Waals surface area contributed by atoms with Crippen LogP contribution in [0.2, 0.25) is 0 Å². The maximum Gasteiger partial charge on any atom is 0.0198 e. The number of likely N-dealkylation sites (tertiary alicyclic amines) is 1. The minimum absolute atomic E-state index is 0.819. The smallest absolute Gasteiger partial charge is 0.0198 e. The van der Waals surface area contributed by atoms with Crippen molar-refractivity contribution < 1.29 is 0 Å². The summed E-state index contributed by atoms with van der Waals surface area (Å²) in [4.78, 5) is 2.48. The lowest BCUT2D eigenvalue weighted by Crippen LogP contribution is -2.23. The number of nitrogens with zero attached hydrogens (tertiary/aromatic N) is 1. The van der Waals surface area contributed by atoms with Gasteiger partial charge in [0.25, 0.3) is 0 Å². The zero-order valence-electron chi connectivity index (χ0n) is 8.08. The third-order valence-electron chi connectivity index (χ3n) is 2.73. The molecule has 0 amide bonds. The Balaban J connectivity index is 2.32. The van der Waals surface area contributed by atoms with Crippen LogP contribution in [0.3, 0.4) is 0 Å². The van der Waals surface area contributed by atoms with E-state index in [1.165, 1.54) is 18.7 Å². The molecule has 0 spiro atoms. The van der Waals surface area contributed by atoms with Crippen LogP contribution < -0.4 is 0 Å². The Kier molecular flexibility index (Phi) is 3.66. The Hall–Kier alpha value is 0.0500. The van der Waals surface area contributed by atoms with Crippen molar-refractivity contribution in [3.8, 4) is 0 Å². The Labute approximate surface area is 81.2 Å². The lowest BCUT2D eigenvalue weighted by atomic mass is 10.0. The highest BCUT2D eigenvalue weighted by Gasteiger charge is 2.25. The van der Waals surface area contributed by atoms with Gasteiger partial charge in [0, 0.05) is 25.4 Å². The minimum Gasteiger partial charge on any atom is -0.299 e. The molecule has 2 heteroatoms. The number of hydrogen-bond acceptors (Lipinski definition) is 2. The van der Waals surface area contributed by atoms with Crippen molar-refractivity contribution >= 4 is 12.6 Å². The highest BCUT2D eigenvalue weighted by atomic mass is 32.1. The third kappa shape index (κ3) is 2.53. The minimum atomic E-state index is 0.819. The molecule has 1 rings (SSSR count). The molecule has 12 heavy (non-hydrogen) atoms. The van der Waals surface area contributed by atoms with Gasteiger partial charge in [0.1, 0.15) is 0 Å². The molecule has 1 nitrogen and oxygen atoms in total. The SMILES string of the molecule is C=C(CS)CN1CC(C)C(C)C1. The van der Waals surface area contributed by atoms with Crippen molar-refractivity contribution in [1.29, 1.82) is 0 Å². The van der Waals surface area contributed by atoms with Crippen LogP contribution in [-0.2, 0) is 0 Å². The van der Waals surface area contributed by atoms with Gasteiger partial charge in [-0.25, -0.2) is 0 Å². The summed E-state index contributed by atoms with van der Waals surface area (Å²) >= 11 is 4.21. The summed E-state index contributed by atoms with van der Waals surface area (Å²) in [5.74, 6) is 2.51. The Morgan fingerprint density at radius 3 is 2.33 bits per heavy atom. The zero-order chi connectivity index (χ0) is 9.14. The lowest BCUT2D eigenvalue weighted by molar-refractivity contribution is 0.352. The fraction of sp³-hybridized carbons (Fsp3) is 0.800. The molecule has 2 unspecified atom stereocenters. The fourth-order valence-corrected chi connectivity index (χ4v) is 1.84. The van der Waals surface area contributed by atoms with Crippen LogP contribution in [0.5, 0.6) is 0 Å². The first-order valence-corrected chi connectivity index (χ1v) is 5.26. The van der Waals surface area contributed by atoms with E-state index in [1.54, 1.807) is 0 Å². The molecule has 0 aliphatic carbocycles. The maximum absolute atomic E-state index is 4.21. The molecule has 0 aromatic heterocycles. The van der Waals surface area contributed by atoms with Crippen molar-refractivity contribution in [3.63, 3.8) is 0 Å². The van der Waals surface area contributed by atoms with Gasteiger partial charge in [-0.2, -0.15) is 12.6 Å². The summed E-state index contributed by atoms with van der Waals surface area (Å²) < 4.78 is 0. The largest absolute Gasteiger partial charge is 0.299 e. The molecule has 1 saturated heterocycles. The topological polar surface area (TPSA) is 3.24 Å². The molecule has 0 saturated carbocycles. The number of rotatable bonds is 3. The van der Waals surface area contributed by atoms with Gasteiger partial charge in [-0.15, -0.1) is 0 Å². The van der Waals surface area contributed by atoms with Crippen LogP contribution in [0, 0.1) is 11.8 Å². The van der Waals surface area contributed by atoms with E-state index in [2.05, 4.69) is 38.0 Å². The van der Waals surface area contributed by atoms with Crippen LogP contribution in [0.15, 0.2) is 12.2 Å². The van der Waals surface area contributed by atoms with Gasteiger partial charge in [0.15, 0.2) is 0 Å². The molecule has 1 aliphatic rings. The van der Waals surface area contributed by atoms with Crippen LogP contribution >= 0.6 is 12.6 Å². The van der Waals surface area contributed by atoms with E-state index < -0.39 is 0 Å². The molecule has 0 bridgehead atoms. The highest BCUT2D eigenvalue weighted by molar-refractivity contribution is 7.80. The van der Waals surface area contributed by atoms with Gasteiger partial charge in [-0.05, 0) is 11.8 Å². The van der Waals surface area contributed by atoms with Crippen molar-refractivity contribution in [2.24, 2.45) is 11.8 Å². The van der Waals surface area contributed by atoms with E-state index in [-0.39, 0.29) is 0 Å². The van der Waals surface area contributed by atoms with Crippen LogP contribution in [0.1, 0.15) is 13.8 Å². The zero-order valence-corrected chi connectivity index (χ0v) is 8.98. The van der Waals surface area contributed by atoms with Gasteiger partial charge in [-0.1, -0.05) is 26.0 Å². The molecule has 1 heterocycles. The Morgan fingerprint density at radius 2 is 1.92 bits per heavy atom. The average Bonchev–Trinajstić information content (AvgIpc) is 2.31. The third-order valence-corrected chi connectivity index (χ3v) is 3.18.